The van der Waals surface area contributed by atoms with E-state index in [4.69, 9.17) is 9.47 Å². The van der Waals surface area contributed by atoms with Crippen molar-refractivity contribution in [1.29, 1.82) is 0 Å². The molecule has 8 nitrogen and oxygen atoms in total. The van der Waals surface area contributed by atoms with Gasteiger partial charge in [-0.3, -0.25) is 14.4 Å². The number of anilines is 1. The number of hydrogen-bond donors (Lipinski definition) is 1. The molecule has 3 aliphatic rings. The summed E-state index contributed by atoms with van der Waals surface area (Å²) in [6.45, 7) is 5.25. The van der Waals surface area contributed by atoms with Gasteiger partial charge in [0.1, 0.15) is 12.4 Å². The normalized spacial score (nSPS) is 26.0. The third kappa shape index (κ3) is 6.38. The van der Waals surface area contributed by atoms with E-state index >= 15 is 0 Å². The number of nitrogens with one attached hydrogen (secondary N) is 1. The van der Waals surface area contributed by atoms with Gasteiger partial charge in [0.05, 0.1) is 17.7 Å². The van der Waals surface area contributed by atoms with Crippen molar-refractivity contribution in [2.45, 2.75) is 70.9 Å². The summed E-state index contributed by atoms with van der Waals surface area (Å²) in [6, 6.07) is 5.04. The van der Waals surface area contributed by atoms with Crippen LogP contribution >= 0.6 is 0 Å². The van der Waals surface area contributed by atoms with Crippen LogP contribution in [0, 0.1) is 17.8 Å². The van der Waals surface area contributed by atoms with Crippen molar-refractivity contribution in [2.75, 3.05) is 39.2 Å². The zero-order chi connectivity index (χ0) is 25.8. The lowest BCUT2D eigenvalue weighted by Gasteiger charge is -2.36. The van der Waals surface area contributed by atoms with Gasteiger partial charge in [0.2, 0.25) is 11.8 Å². The van der Waals surface area contributed by atoms with Crippen molar-refractivity contribution < 1.29 is 23.9 Å². The topological polar surface area (TPSA) is 88.2 Å². The first-order chi connectivity index (χ1) is 17.3. The largest absolute Gasteiger partial charge is 0.491 e. The van der Waals surface area contributed by atoms with Crippen molar-refractivity contribution in [3.8, 4) is 5.75 Å². The van der Waals surface area contributed by atoms with E-state index < -0.39 is 0 Å². The number of hydrogen-bond acceptors (Lipinski definition) is 5. The molecular weight excluding hydrogens is 458 g/mol. The van der Waals surface area contributed by atoms with Crippen LogP contribution in [0.15, 0.2) is 18.2 Å². The Morgan fingerprint density at radius 2 is 1.83 bits per heavy atom. The van der Waals surface area contributed by atoms with Crippen molar-refractivity contribution in [1.82, 2.24) is 9.80 Å². The molecule has 198 valence electrons. The van der Waals surface area contributed by atoms with Crippen LogP contribution in [0.3, 0.4) is 0 Å². The zero-order valence-corrected chi connectivity index (χ0v) is 22.1. The molecular formula is C28H41N3O5. The molecule has 0 spiro atoms. The molecule has 1 aromatic rings. The monoisotopic (exact) mass is 499 g/mol. The van der Waals surface area contributed by atoms with E-state index in [9.17, 15) is 14.4 Å². The highest BCUT2D eigenvalue weighted by Crippen LogP contribution is 2.34. The number of fused-ring (bicyclic) bond motifs is 1. The number of methoxy groups -OCH3 is 1. The molecule has 36 heavy (non-hydrogen) atoms. The maximum absolute atomic E-state index is 13.4. The zero-order valence-electron chi connectivity index (χ0n) is 22.1. The van der Waals surface area contributed by atoms with Gasteiger partial charge in [0, 0.05) is 57.3 Å². The highest BCUT2D eigenvalue weighted by molar-refractivity contribution is 5.98. The van der Waals surface area contributed by atoms with Crippen LogP contribution in [0.1, 0.15) is 69.2 Å². The standard InChI is InChI=1S/C28H41N3O5/c1-18-15-31(26(32)13-20-9-10-20)19(2)17-36-24-14-22(29-27(33)21-7-5-6-8-21)11-12-23(24)28(34)30(3)16-25(18)35-4/h11-12,14,18-21,25H,5-10,13,15-17H2,1-4H3,(H,29,33)/t18-,19-,25+/m0/s1. The molecule has 4 rings (SSSR count). The number of carbonyl (C=O) groups excluding carboxylic acids is 3. The average Bonchev–Trinajstić information content (AvgIpc) is 3.49. The Bertz CT molecular complexity index is 957. The van der Waals surface area contributed by atoms with Gasteiger partial charge in [-0.05, 0) is 50.7 Å². The predicted molar refractivity (Wildman–Crippen MR) is 138 cm³/mol. The minimum atomic E-state index is -0.212. The summed E-state index contributed by atoms with van der Waals surface area (Å²) < 4.78 is 12.0. The molecule has 1 aliphatic heterocycles. The van der Waals surface area contributed by atoms with E-state index in [1.807, 2.05) is 11.8 Å². The quantitative estimate of drug-likeness (QED) is 0.663. The number of amides is 3. The molecule has 0 unspecified atom stereocenters. The van der Waals surface area contributed by atoms with E-state index in [1.165, 1.54) is 0 Å². The second-order valence-electron chi connectivity index (χ2n) is 11.0. The van der Waals surface area contributed by atoms with Gasteiger partial charge < -0.3 is 24.6 Å². The van der Waals surface area contributed by atoms with E-state index in [0.29, 0.717) is 42.4 Å². The molecule has 1 aromatic carbocycles. The van der Waals surface area contributed by atoms with E-state index in [2.05, 4.69) is 12.2 Å². The number of ether oxygens (including phenoxy) is 2. The van der Waals surface area contributed by atoms with Gasteiger partial charge in [-0.25, -0.2) is 0 Å². The second kappa shape index (κ2) is 11.6. The molecule has 3 amide bonds. The van der Waals surface area contributed by atoms with Gasteiger partial charge in [-0.2, -0.15) is 0 Å². The first-order valence-corrected chi connectivity index (χ1v) is 13.4. The molecule has 8 heteroatoms. The third-order valence-corrected chi connectivity index (χ3v) is 7.92. The SMILES string of the molecule is CO[C@@H]1CN(C)C(=O)c2ccc(NC(=O)C3CCCC3)cc2OC[C@H](C)N(C(=O)CC2CC2)C[C@@H]1C. The lowest BCUT2D eigenvalue weighted by Crippen LogP contribution is -2.48. The minimum absolute atomic E-state index is 0.0196. The first kappa shape index (κ1) is 26.5. The van der Waals surface area contributed by atoms with Gasteiger partial charge in [-0.15, -0.1) is 0 Å². The fraction of sp³-hybridized carbons (Fsp3) is 0.679. The van der Waals surface area contributed by atoms with E-state index in [1.54, 1.807) is 37.3 Å². The first-order valence-electron chi connectivity index (χ1n) is 13.4. The summed E-state index contributed by atoms with van der Waals surface area (Å²) in [5, 5.41) is 3.01. The maximum Gasteiger partial charge on any atom is 0.257 e. The van der Waals surface area contributed by atoms with Crippen molar-refractivity contribution in [3.63, 3.8) is 0 Å². The van der Waals surface area contributed by atoms with Crippen LogP contribution in [-0.2, 0) is 14.3 Å². The van der Waals surface area contributed by atoms with Crippen molar-refractivity contribution in [2.24, 2.45) is 17.8 Å². The number of rotatable bonds is 5. The number of benzene rings is 1. The molecule has 3 atom stereocenters. The maximum atomic E-state index is 13.4. The van der Waals surface area contributed by atoms with Crippen LogP contribution in [0.25, 0.3) is 0 Å². The number of carbonyl (C=O) groups is 3. The van der Waals surface area contributed by atoms with Gasteiger partial charge in [-0.1, -0.05) is 19.8 Å². The van der Waals surface area contributed by atoms with E-state index in [-0.39, 0.29) is 48.3 Å². The predicted octanol–water partition coefficient (Wildman–Crippen LogP) is 3.95. The summed E-state index contributed by atoms with van der Waals surface area (Å²) in [5.74, 6) is 1.00. The van der Waals surface area contributed by atoms with Crippen LogP contribution in [0.4, 0.5) is 5.69 Å². The average molecular weight is 500 g/mol. The fourth-order valence-corrected chi connectivity index (χ4v) is 5.32. The Labute approximate surface area is 214 Å². The van der Waals surface area contributed by atoms with Crippen LogP contribution < -0.4 is 10.1 Å². The highest BCUT2D eigenvalue weighted by atomic mass is 16.5. The molecule has 1 heterocycles. The molecule has 1 N–H and O–H groups in total. The lowest BCUT2D eigenvalue weighted by atomic mass is 10.0. The number of likely N-dealkylation sites (N-methyl/N-ethyl adjacent to an activating group) is 1. The summed E-state index contributed by atoms with van der Waals surface area (Å²) in [4.78, 5) is 42.8. The molecule has 0 saturated heterocycles. The van der Waals surface area contributed by atoms with Crippen LogP contribution in [0.5, 0.6) is 5.75 Å². The Balaban J connectivity index is 1.59. The molecule has 0 radical (unpaired) electrons. The van der Waals surface area contributed by atoms with Crippen molar-refractivity contribution >= 4 is 23.4 Å². The van der Waals surface area contributed by atoms with E-state index in [0.717, 1.165) is 38.5 Å². The summed E-state index contributed by atoms with van der Waals surface area (Å²) in [6.07, 6.45) is 6.60. The summed E-state index contributed by atoms with van der Waals surface area (Å²) >= 11 is 0. The number of nitrogens with zero attached hydrogens (tertiary/aromatic N) is 2. The fourth-order valence-electron chi connectivity index (χ4n) is 5.32. The summed E-state index contributed by atoms with van der Waals surface area (Å²) in [7, 11) is 3.41. The smallest absolute Gasteiger partial charge is 0.257 e. The van der Waals surface area contributed by atoms with Crippen molar-refractivity contribution in [3.05, 3.63) is 23.8 Å². The molecule has 0 bridgehead atoms. The van der Waals surface area contributed by atoms with Crippen LogP contribution in [-0.4, -0.2) is 73.5 Å². The molecule has 2 aliphatic carbocycles. The lowest BCUT2D eigenvalue weighted by molar-refractivity contribution is -0.135. The Hall–Kier alpha value is -2.61. The second-order valence-corrected chi connectivity index (χ2v) is 11.0. The van der Waals surface area contributed by atoms with Gasteiger partial charge >= 0.3 is 0 Å². The highest BCUT2D eigenvalue weighted by Gasteiger charge is 2.33. The minimum Gasteiger partial charge on any atom is -0.491 e. The van der Waals surface area contributed by atoms with Gasteiger partial charge in [0.15, 0.2) is 0 Å². The Kier molecular flexibility index (Phi) is 8.54. The molecule has 0 aromatic heterocycles. The Morgan fingerprint density at radius 3 is 2.50 bits per heavy atom. The summed E-state index contributed by atoms with van der Waals surface area (Å²) in [5.41, 5.74) is 1.05. The van der Waals surface area contributed by atoms with Crippen LogP contribution in [0.2, 0.25) is 0 Å². The van der Waals surface area contributed by atoms with Gasteiger partial charge in [0.25, 0.3) is 5.91 Å². The Morgan fingerprint density at radius 1 is 1.11 bits per heavy atom. The molecule has 2 saturated carbocycles. The molecule has 2 fully saturated rings. The third-order valence-electron chi connectivity index (χ3n) is 7.92.